The van der Waals surface area contributed by atoms with Crippen LogP contribution in [0.5, 0.6) is 0 Å². The van der Waals surface area contributed by atoms with Crippen LogP contribution in [-0.4, -0.2) is 34.7 Å². The number of nitrogens with two attached hydrogens (primary N) is 2. The molecule has 0 bridgehead atoms. The first-order chi connectivity index (χ1) is 9.23. The van der Waals surface area contributed by atoms with Crippen molar-refractivity contribution in [2.75, 3.05) is 18.0 Å². The van der Waals surface area contributed by atoms with Gasteiger partial charge in [0.15, 0.2) is 0 Å². The van der Waals surface area contributed by atoms with E-state index in [0.29, 0.717) is 5.69 Å². The van der Waals surface area contributed by atoms with E-state index in [1.165, 1.54) is 17.0 Å². The first-order valence-corrected chi connectivity index (χ1v) is 6.04. The number of carbonyl (C=O) groups excluding carboxylic acids is 3. The Balaban J connectivity index is 2.40. The number of nitrogen functional groups attached to an aromatic ring is 2. The number of carbonyl (C=O) groups is 3. The molecule has 1 aromatic carbocycles. The van der Waals surface area contributed by atoms with Crippen LogP contribution in [-0.2, 0) is 9.59 Å². The van der Waals surface area contributed by atoms with E-state index in [2.05, 4.69) is 5.32 Å². The van der Waals surface area contributed by atoms with Crippen molar-refractivity contribution >= 4 is 29.1 Å². The molecule has 20 heavy (non-hydrogen) atoms. The highest BCUT2D eigenvalue weighted by molar-refractivity contribution is 6.10. The van der Waals surface area contributed by atoms with Gasteiger partial charge < -0.3 is 16.4 Å². The maximum absolute atomic E-state index is 12.5. The molecule has 1 heterocycles. The van der Waals surface area contributed by atoms with Crippen LogP contribution in [0.4, 0.5) is 11.4 Å². The minimum atomic E-state index is -1.13. The van der Waals surface area contributed by atoms with Gasteiger partial charge in [-0.1, -0.05) is 0 Å². The summed E-state index contributed by atoms with van der Waals surface area (Å²) in [4.78, 5) is 37.0. The van der Waals surface area contributed by atoms with Crippen LogP contribution in [0.2, 0.25) is 0 Å². The Bertz CT molecular complexity index is 610. The van der Waals surface area contributed by atoms with E-state index < -0.39 is 23.3 Å². The molecular formula is C13H16N4O3. The quantitative estimate of drug-likeness (QED) is 0.482. The van der Waals surface area contributed by atoms with Gasteiger partial charge in [0, 0.05) is 11.4 Å². The van der Waals surface area contributed by atoms with Crippen molar-refractivity contribution in [3.05, 3.63) is 23.8 Å². The molecule has 0 aliphatic carbocycles. The topological polar surface area (TPSA) is 119 Å². The number of nitrogens with zero attached hydrogens (tertiary/aromatic N) is 1. The minimum absolute atomic E-state index is 0.193. The Labute approximate surface area is 115 Å². The van der Waals surface area contributed by atoms with Crippen molar-refractivity contribution < 1.29 is 14.4 Å². The van der Waals surface area contributed by atoms with Gasteiger partial charge in [-0.2, -0.15) is 0 Å². The van der Waals surface area contributed by atoms with E-state index in [1.807, 2.05) is 0 Å². The van der Waals surface area contributed by atoms with Crippen LogP contribution in [0.3, 0.4) is 0 Å². The molecule has 0 radical (unpaired) electrons. The smallest absolute Gasteiger partial charge is 0.257 e. The third-order valence-electron chi connectivity index (χ3n) is 3.34. The second kappa shape index (κ2) is 4.52. The summed E-state index contributed by atoms with van der Waals surface area (Å²) < 4.78 is 0. The van der Waals surface area contributed by atoms with Crippen molar-refractivity contribution in [3.8, 4) is 0 Å². The summed E-state index contributed by atoms with van der Waals surface area (Å²) in [5.41, 5.74) is 11.1. The minimum Gasteiger partial charge on any atom is -0.399 e. The monoisotopic (exact) mass is 276 g/mol. The Kier molecular flexibility index (Phi) is 3.13. The molecule has 7 nitrogen and oxygen atoms in total. The highest BCUT2D eigenvalue weighted by atomic mass is 16.2. The van der Waals surface area contributed by atoms with Crippen molar-refractivity contribution in [2.24, 2.45) is 0 Å². The van der Waals surface area contributed by atoms with Crippen molar-refractivity contribution in [3.63, 3.8) is 0 Å². The van der Waals surface area contributed by atoms with Gasteiger partial charge in [-0.15, -0.1) is 0 Å². The number of nitrogens with one attached hydrogen (secondary N) is 1. The van der Waals surface area contributed by atoms with Gasteiger partial charge in [0.05, 0.1) is 5.56 Å². The molecular weight excluding hydrogens is 260 g/mol. The number of anilines is 2. The summed E-state index contributed by atoms with van der Waals surface area (Å²) in [6.45, 7) is 2.95. The number of hydrogen-bond donors (Lipinski definition) is 3. The van der Waals surface area contributed by atoms with Gasteiger partial charge in [-0.25, -0.2) is 0 Å². The highest BCUT2D eigenvalue weighted by Gasteiger charge is 2.44. The van der Waals surface area contributed by atoms with Crippen LogP contribution in [0.15, 0.2) is 18.2 Å². The Morgan fingerprint density at radius 1 is 1.30 bits per heavy atom. The second-order valence-electron chi connectivity index (χ2n) is 5.17. The largest absolute Gasteiger partial charge is 0.399 e. The lowest BCUT2D eigenvalue weighted by molar-refractivity contribution is -0.143. The fourth-order valence-corrected chi connectivity index (χ4v) is 2.03. The molecule has 0 saturated carbocycles. The van der Waals surface area contributed by atoms with Crippen molar-refractivity contribution in [1.29, 1.82) is 0 Å². The summed E-state index contributed by atoms with van der Waals surface area (Å²) in [5.74, 6) is -1.51. The van der Waals surface area contributed by atoms with E-state index in [9.17, 15) is 14.4 Å². The first-order valence-electron chi connectivity index (χ1n) is 6.04. The first kappa shape index (κ1) is 13.9. The molecule has 106 valence electrons. The highest BCUT2D eigenvalue weighted by Crippen LogP contribution is 2.24. The molecule has 0 atom stereocenters. The van der Waals surface area contributed by atoms with Crippen molar-refractivity contribution in [2.45, 2.75) is 19.4 Å². The van der Waals surface area contributed by atoms with E-state index in [-0.39, 0.29) is 17.8 Å². The second-order valence-corrected chi connectivity index (χ2v) is 5.17. The van der Waals surface area contributed by atoms with Gasteiger partial charge in [0.25, 0.3) is 11.8 Å². The van der Waals surface area contributed by atoms with Crippen LogP contribution < -0.4 is 16.8 Å². The van der Waals surface area contributed by atoms with Crippen LogP contribution in [0, 0.1) is 0 Å². The normalized spacial score (nSPS) is 17.8. The Morgan fingerprint density at radius 2 is 1.95 bits per heavy atom. The third-order valence-corrected chi connectivity index (χ3v) is 3.34. The summed E-state index contributed by atoms with van der Waals surface area (Å²) in [6, 6.07) is 4.49. The third kappa shape index (κ3) is 2.18. The summed E-state index contributed by atoms with van der Waals surface area (Å²) in [6.07, 6.45) is 0. The summed E-state index contributed by atoms with van der Waals surface area (Å²) in [5, 5.41) is 2.21. The lowest BCUT2D eigenvalue weighted by atomic mass is 9.97. The van der Waals surface area contributed by atoms with E-state index in [0.717, 1.165) is 0 Å². The van der Waals surface area contributed by atoms with E-state index >= 15 is 0 Å². The number of benzene rings is 1. The maximum atomic E-state index is 12.5. The number of hydrogen-bond acceptors (Lipinski definition) is 5. The number of rotatable bonds is 1. The average Bonchev–Trinajstić information content (AvgIpc) is 2.33. The van der Waals surface area contributed by atoms with Gasteiger partial charge in [-0.05, 0) is 32.0 Å². The lowest BCUT2D eigenvalue weighted by Crippen LogP contribution is -2.65. The SMILES string of the molecule is CC1(C)C(=O)NC(=O)CN1C(=O)c1ccc(N)cc1N. The standard InChI is InChI=1S/C13H16N4O3/c1-13(2)12(20)16-10(18)6-17(13)11(19)8-4-3-7(14)5-9(8)15/h3-5H,6,14-15H2,1-2H3,(H,16,18,20). The van der Waals surface area contributed by atoms with Gasteiger partial charge in [0.1, 0.15) is 12.1 Å². The molecule has 1 aliphatic rings. The van der Waals surface area contributed by atoms with Gasteiger partial charge in [0.2, 0.25) is 5.91 Å². The molecule has 3 amide bonds. The van der Waals surface area contributed by atoms with E-state index in [4.69, 9.17) is 11.5 Å². The molecule has 1 saturated heterocycles. The predicted octanol–water partition coefficient (Wildman–Crippen LogP) is -0.272. The van der Waals surface area contributed by atoms with Crippen LogP contribution in [0.1, 0.15) is 24.2 Å². The Hall–Kier alpha value is -2.57. The zero-order chi connectivity index (χ0) is 15.1. The van der Waals surface area contributed by atoms with Gasteiger partial charge in [-0.3, -0.25) is 19.7 Å². The fourth-order valence-electron chi connectivity index (χ4n) is 2.03. The number of piperazine rings is 1. The zero-order valence-electron chi connectivity index (χ0n) is 11.3. The zero-order valence-corrected chi connectivity index (χ0v) is 11.3. The fraction of sp³-hybridized carbons (Fsp3) is 0.308. The number of amides is 3. The molecule has 1 aliphatic heterocycles. The number of imide groups is 1. The summed E-state index contributed by atoms with van der Waals surface area (Å²) >= 11 is 0. The Morgan fingerprint density at radius 3 is 2.55 bits per heavy atom. The molecule has 1 fully saturated rings. The van der Waals surface area contributed by atoms with E-state index in [1.54, 1.807) is 19.9 Å². The molecule has 0 unspecified atom stereocenters. The predicted molar refractivity (Wildman–Crippen MR) is 73.5 cm³/mol. The molecule has 0 aromatic heterocycles. The summed E-state index contributed by atoms with van der Waals surface area (Å²) in [7, 11) is 0. The van der Waals surface area contributed by atoms with Crippen LogP contribution >= 0.6 is 0 Å². The van der Waals surface area contributed by atoms with Crippen molar-refractivity contribution in [1.82, 2.24) is 10.2 Å². The average molecular weight is 276 g/mol. The molecule has 7 heteroatoms. The molecule has 5 N–H and O–H groups in total. The van der Waals surface area contributed by atoms with Gasteiger partial charge >= 0.3 is 0 Å². The lowest BCUT2D eigenvalue weighted by Gasteiger charge is -2.40. The maximum Gasteiger partial charge on any atom is 0.257 e. The molecule has 0 spiro atoms. The molecule has 2 rings (SSSR count). The van der Waals surface area contributed by atoms with Crippen LogP contribution in [0.25, 0.3) is 0 Å². The molecule has 1 aromatic rings.